The molecule has 0 aromatic carbocycles. The molecular formula is C13H19ClN2S. The van der Waals surface area contributed by atoms with E-state index >= 15 is 0 Å². The lowest BCUT2D eigenvalue weighted by Crippen LogP contribution is -2.45. The van der Waals surface area contributed by atoms with E-state index in [1.807, 2.05) is 6.07 Å². The van der Waals surface area contributed by atoms with Crippen LogP contribution in [0, 0.1) is 0 Å². The molecule has 1 fully saturated rings. The molecule has 1 aliphatic rings. The third-order valence-corrected chi connectivity index (χ3v) is 4.54. The Hall–Kier alpha value is -0.350. The van der Waals surface area contributed by atoms with Crippen LogP contribution in [0.4, 0.5) is 0 Å². The molecule has 2 rings (SSSR count). The van der Waals surface area contributed by atoms with E-state index in [0.717, 1.165) is 37.6 Å². The van der Waals surface area contributed by atoms with Crippen molar-refractivity contribution in [2.75, 3.05) is 26.2 Å². The number of halogens is 1. The van der Waals surface area contributed by atoms with Gasteiger partial charge < -0.3 is 5.32 Å². The SMILES string of the molecule is C=C(C)C[C@H](c1sccc1Cl)N1CCNCC1. The second-order valence-electron chi connectivity index (χ2n) is 4.60. The maximum atomic E-state index is 6.28. The molecule has 0 bridgehead atoms. The zero-order valence-electron chi connectivity index (χ0n) is 10.2. The molecule has 0 saturated carbocycles. The minimum atomic E-state index is 0.405. The number of piperazine rings is 1. The van der Waals surface area contributed by atoms with E-state index in [4.69, 9.17) is 11.6 Å². The lowest BCUT2D eigenvalue weighted by atomic mass is 10.0. The normalized spacial score (nSPS) is 19.2. The molecule has 0 aliphatic carbocycles. The minimum Gasteiger partial charge on any atom is -0.314 e. The first kappa shape index (κ1) is 13.1. The van der Waals surface area contributed by atoms with Crippen molar-refractivity contribution < 1.29 is 0 Å². The predicted octanol–water partition coefficient (Wildman–Crippen LogP) is 3.31. The fourth-order valence-electron chi connectivity index (χ4n) is 2.25. The van der Waals surface area contributed by atoms with Crippen molar-refractivity contribution in [1.29, 1.82) is 0 Å². The Kier molecular flexibility index (Phi) is 4.62. The Morgan fingerprint density at radius 1 is 1.59 bits per heavy atom. The fraction of sp³-hybridized carbons (Fsp3) is 0.538. The van der Waals surface area contributed by atoms with Gasteiger partial charge >= 0.3 is 0 Å². The van der Waals surface area contributed by atoms with Crippen LogP contribution in [0.3, 0.4) is 0 Å². The van der Waals surface area contributed by atoms with E-state index in [-0.39, 0.29) is 0 Å². The van der Waals surface area contributed by atoms with Gasteiger partial charge in [0.05, 0.1) is 5.02 Å². The molecule has 17 heavy (non-hydrogen) atoms. The molecule has 2 nitrogen and oxygen atoms in total. The summed E-state index contributed by atoms with van der Waals surface area (Å²) in [5, 5.41) is 6.37. The van der Waals surface area contributed by atoms with Crippen molar-refractivity contribution in [3.8, 4) is 0 Å². The van der Waals surface area contributed by atoms with Gasteiger partial charge in [-0.25, -0.2) is 0 Å². The Balaban J connectivity index is 2.18. The van der Waals surface area contributed by atoms with Crippen LogP contribution in [0.15, 0.2) is 23.6 Å². The van der Waals surface area contributed by atoms with Gasteiger partial charge in [-0.15, -0.1) is 17.9 Å². The maximum Gasteiger partial charge on any atom is 0.0561 e. The van der Waals surface area contributed by atoms with Crippen LogP contribution >= 0.6 is 22.9 Å². The standard InChI is InChI=1S/C13H19ClN2S/c1-10(2)9-12(13-11(14)3-8-17-13)16-6-4-15-5-7-16/h3,8,12,15H,1,4-7,9H2,2H3/t12-/m1/s1. The Morgan fingerprint density at radius 3 is 2.82 bits per heavy atom. The second kappa shape index (κ2) is 6.01. The van der Waals surface area contributed by atoms with Crippen LogP contribution in [-0.2, 0) is 0 Å². The fourth-order valence-corrected chi connectivity index (χ4v) is 3.57. The summed E-state index contributed by atoms with van der Waals surface area (Å²) in [6, 6.07) is 2.40. The highest BCUT2D eigenvalue weighted by molar-refractivity contribution is 7.10. The molecule has 4 heteroatoms. The highest BCUT2D eigenvalue weighted by Gasteiger charge is 2.24. The van der Waals surface area contributed by atoms with Gasteiger partial charge in [-0.2, -0.15) is 0 Å². The average Bonchev–Trinajstić information content (AvgIpc) is 2.73. The predicted molar refractivity (Wildman–Crippen MR) is 75.9 cm³/mol. The maximum absolute atomic E-state index is 6.28. The quantitative estimate of drug-likeness (QED) is 0.845. The summed E-state index contributed by atoms with van der Waals surface area (Å²) in [5.74, 6) is 0. The first-order valence-corrected chi connectivity index (χ1v) is 7.26. The highest BCUT2D eigenvalue weighted by atomic mass is 35.5. The lowest BCUT2D eigenvalue weighted by Gasteiger charge is -2.34. The molecule has 0 spiro atoms. The van der Waals surface area contributed by atoms with Crippen molar-refractivity contribution in [3.63, 3.8) is 0 Å². The molecule has 0 amide bonds. The van der Waals surface area contributed by atoms with E-state index in [1.165, 1.54) is 10.5 Å². The van der Waals surface area contributed by atoms with Crippen molar-refractivity contribution in [1.82, 2.24) is 10.2 Å². The van der Waals surface area contributed by atoms with Gasteiger partial charge in [-0.3, -0.25) is 4.90 Å². The molecule has 1 aromatic heterocycles. The molecule has 1 N–H and O–H groups in total. The van der Waals surface area contributed by atoms with Crippen LogP contribution in [0.2, 0.25) is 5.02 Å². The smallest absolute Gasteiger partial charge is 0.0561 e. The number of thiophene rings is 1. The largest absolute Gasteiger partial charge is 0.314 e. The van der Waals surface area contributed by atoms with Gasteiger partial charge in [0.1, 0.15) is 0 Å². The summed E-state index contributed by atoms with van der Waals surface area (Å²) in [4.78, 5) is 3.81. The highest BCUT2D eigenvalue weighted by Crippen LogP contribution is 2.36. The average molecular weight is 271 g/mol. The van der Waals surface area contributed by atoms with E-state index in [1.54, 1.807) is 11.3 Å². The molecule has 1 aromatic rings. The zero-order valence-corrected chi connectivity index (χ0v) is 11.8. The van der Waals surface area contributed by atoms with Crippen LogP contribution in [-0.4, -0.2) is 31.1 Å². The second-order valence-corrected chi connectivity index (χ2v) is 5.95. The molecule has 2 heterocycles. The third-order valence-electron chi connectivity index (χ3n) is 3.08. The minimum absolute atomic E-state index is 0.405. The Labute approximate surface area is 112 Å². The summed E-state index contributed by atoms with van der Waals surface area (Å²) in [6.07, 6.45) is 1.00. The third kappa shape index (κ3) is 3.32. The summed E-state index contributed by atoms with van der Waals surface area (Å²) in [6.45, 7) is 10.5. The van der Waals surface area contributed by atoms with Gasteiger partial charge in [0, 0.05) is 37.1 Å². The monoisotopic (exact) mass is 270 g/mol. The summed E-state index contributed by atoms with van der Waals surface area (Å²) < 4.78 is 0. The molecule has 94 valence electrons. The van der Waals surface area contributed by atoms with Crippen LogP contribution in [0.1, 0.15) is 24.3 Å². The van der Waals surface area contributed by atoms with Crippen molar-refractivity contribution >= 4 is 22.9 Å². The van der Waals surface area contributed by atoms with E-state index in [2.05, 4.69) is 29.1 Å². The molecule has 0 radical (unpaired) electrons. The number of nitrogens with zero attached hydrogens (tertiary/aromatic N) is 1. The Bertz CT molecular complexity index is 383. The summed E-state index contributed by atoms with van der Waals surface area (Å²) in [5.41, 5.74) is 1.22. The van der Waals surface area contributed by atoms with Crippen LogP contribution < -0.4 is 5.32 Å². The van der Waals surface area contributed by atoms with Gasteiger partial charge in [-0.1, -0.05) is 17.2 Å². The Morgan fingerprint density at radius 2 is 2.29 bits per heavy atom. The van der Waals surface area contributed by atoms with Gasteiger partial charge in [0.15, 0.2) is 0 Å². The molecule has 1 atom stereocenters. The van der Waals surface area contributed by atoms with E-state index < -0.39 is 0 Å². The lowest BCUT2D eigenvalue weighted by molar-refractivity contribution is 0.175. The van der Waals surface area contributed by atoms with Crippen LogP contribution in [0.25, 0.3) is 0 Å². The van der Waals surface area contributed by atoms with Gasteiger partial charge in [-0.05, 0) is 24.8 Å². The number of rotatable bonds is 4. The van der Waals surface area contributed by atoms with Crippen LogP contribution in [0.5, 0.6) is 0 Å². The van der Waals surface area contributed by atoms with E-state index in [0.29, 0.717) is 6.04 Å². The molecule has 1 aliphatic heterocycles. The number of nitrogens with one attached hydrogen (secondary N) is 1. The van der Waals surface area contributed by atoms with Gasteiger partial charge in [0.2, 0.25) is 0 Å². The van der Waals surface area contributed by atoms with Crippen molar-refractivity contribution in [2.24, 2.45) is 0 Å². The van der Waals surface area contributed by atoms with Gasteiger partial charge in [0.25, 0.3) is 0 Å². The topological polar surface area (TPSA) is 15.3 Å². The first-order valence-electron chi connectivity index (χ1n) is 6.00. The first-order chi connectivity index (χ1) is 8.18. The summed E-state index contributed by atoms with van der Waals surface area (Å²) >= 11 is 8.03. The van der Waals surface area contributed by atoms with E-state index in [9.17, 15) is 0 Å². The van der Waals surface area contributed by atoms with Crippen molar-refractivity contribution in [2.45, 2.75) is 19.4 Å². The number of hydrogen-bond donors (Lipinski definition) is 1. The number of hydrogen-bond acceptors (Lipinski definition) is 3. The van der Waals surface area contributed by atoms with Crippen molar-refractivity contribution in [3.05, 3.63) is 33.5 Å². The molecular weight excluding hydrogens is 252 g/mol. The molecule has 0 unspecified atom stereocenters. The molecule has 1 saturated heterocycles. The summed E-state index contributed by atoms with van der Waals surface area (Å²) in [7, 11) is 0. The zero-order chi connectivity index (χ0) is 12.3.